The Morgan fingerprint density at radius 3 is 2.62 bits per heavy atom. The van der Waals surface area contributed by atoms with E-state index >= 15 is 0 Å². The van der Waals surface area contributed by atoms with Gasteiger partial charge in [-0.3, -0.25) is 4.79 Å². The van der Waals surface area contributed by atoms with Crippen molar-refractivity contribution in [2.24, 2.45) is 0 Å². The van der Waals surface area contributed by atoms with Crippen LogP contribution in [0.3, 0.4) is 0 Å². The SMILES string of the molecule is C=C1CCCc2[nH]c(=O)c(C(C)(C)C)cc21. The second kappa shape index (κ2) is 3.62. The summed E-state index contributed by atoms with van der Waals surface area (Å²) in [5, 5.41) is 0. The number of hydrogen-bond donors (Lipinski definition) is 1. The fraction of sp³-hybridized carbons (Fsp3) is 0.500. The number of hydrogen-bond acceptors (Lipinski definition) is 1. The number of aromatic nitrogens is 1. The molecule has 0 spiro atoms. The van der Waals surface area contributed by atoms with Gasteiger partial charge in [-0.1, -0.05) is 27.4 Å². The van der Waals surface area contributed by atoms with Crippen molar-refractivity contribution in [3.63, 3.8) is 0 Å². The molecule has 0 aromatic carbocycles. The number of nitrogens with one attached hydrogen (secondary N) is 1. The molecule has 1 aromatic rings. The first kappa shape index (κ1) is 11.2. The molecule has 0 unspecified atom stereocenters. The first-order valence-electron chi connectivity index (χ1n) is 5.84. The van der Waals surface area contributed by atoms with Crippen LogP contribution in [-0.2, 0) is 11.8 Å². The molecular formula is C14H19NO. The van der Waals surface area contributed by atoms with Gasteiger partial charge in [-0.05, 0) is 41.9 Å². The van der Waals surface area contributed by atoms with Crippen LogP contribution in [0.15, 0.2) is 17.4 Å². The molecule has 0 amide bonds. The minimum atomic E-state index is -0.111. The molecule has 0 radical (unpaired) electrons. The monoisotopic (exact) mass is 217 g/mol. The van der Waals surface area contributed by atoms with E-state index in [9.17, 15) is 4.79 Å². The summed E-state index contributed by atoms with van der Waals surface area (Å²) < 4.78 is 0. The van der Waals surface area contributed by atoms with E-state index < -0.39 is 0 Å². The molecule has 1 aromatic heterocycles. The maximum Gasteiger partial charge on any atom is 0.251 e. The average molecular weight is 217 g/mol. The quantitative estimate of drug-likeness (QED) is 0.712. The molecule has 2 rings (SSSR count). The van der Waals surface area contributed by atoms with Crippen LogP contribution in [0.25, 0.3) is 5.57 Å². The standard InChI is InChI=1S/C14H19NO/c1-9-6-5-7-12-10(9)8-11(13(16)15-12)14(2,3)4/h8H,1,5-7H2,2-4H3,(H,15,16). The molecular weight excluding hydrogens is 198 g/mol. The molecule has 1 N–H and O–H groups in total. The van der Waals surface area contributed by atoms with E-state index in [0.29, 0.717) is 0 Å². The summed E-state index contributed by atoms with van der Waals surface area (Å²) in [5.41, 5.74) is 4.18. The third-order valence-corrected chi connectivity index (χ3v) is 3.22. The smallest absolute Gasteiger partial charge is 0.251 e. The van der Waals surface area contributed by atoms with Gasteiger partial charge < -0.3 is 4.98 Å². The third-order valence-electron chi connectivity index (χ3n) is 3.22. The van der Waals surface area contributed by atoms with Crippen molar-refractivity contribution in [2.45, 2.75) is 45.4 Å². The van der Waals surface area contributed by atoms with Gasteiger partial charge in [0, 0.05) is 11.3 Å². The number of rotatable bonds is 0. The van der Waals surface area contributed by atoms with Gasteiger partial charge in [-0.15, -0.1) is 0 Å². The molecule has 16 heavy (non-hydrogen) atoms. The Bertz CT molecular complexity index is 488. The summed E-state index contributed by atoms with van der Waals surface area (Å²) in [6.45, 7) is 10.3. The highest BCUT2D eigenvalue weighted by molar-refractivity contribution is 5.67. The van der Waals surface area contributed by atoms with E-state index in [1.807, 2.05) is 6.07 Å². The molecule has 0 saturated carbocycles. The second-order valence-electron chi connectivity index (χ2n) is 5.61. The van der Waals surface area contributed by atoms with Gasteiger partial charge in [0.1, 0.15) is 0 Å². The normalized spacial score (nSPS) is 16.1. The van der Waals surface area contributed by atoms with E-state index in [4.69, 9.17) is 0 Å². The molecule has 0 saturated heterocycles. The number of H-pyrrole nitrogens is 1. The van der Waals surface area contributed by atoms with Gasteiger partial charge >= 0.3 is 0 Å². The van der Waals surface area contributed by atoms with Crippen LogP contribution in [0.1, 0.15) is 50.4 Å². The van der Waals surface area contributed by atoms with E-state index in [2.05, 4.69) is 32.3 Å². The molecule has 2 nitrogen and oxygen atoms in total. The fourth-order valence-electron chi connectivity index (χ4n) is 2.25. The lowest BCUT2D eigenvalue weighted by atomic mass is 9.84. The Morgan fingerprint density at radius 1 is 1.31 bits per heavy atom. The maximum atomic E-state index is 12.0. The Labute approximate surface area is 96.4 Å². The molecule has 0 aliphatic heterocycles. The topological polar surface area (TPSA) is 32.9 Å². The van der Waals surface area contributed by atoms with Crippen molar-refractivity contribution in [3.8, 4) is 0 Å². The van der Waals surface area contributed by atoms with Crippen molar-refractivity contribution >= 4 is 5.57 Å². The molecule has 0 bridgehead atoms. The maximum absolute atomic E-state index is 12.0. The van der Waals surface area contributed by atoms with Crippen molar-refractivity contribution in [2.75, 3.05) is 0 Å². The van der Waals surface area contributed by atoms with E-state index in [1.54, 1.807) is 0 Å². The molecule has 1 aliphatic rings. The lowest BCUT2D eigenvalue weighted by Crippen LogP contribution is -2.27. The Hall–Kier alpha value is -1.31. The van der Waals surface area contributed by atoms with Gasteiger partial charge in [-0.2, -0.15) is 0 Å². The molecule has 1 aliphatic carbocycles. The first-order chi connectivity index (χ1) is 7.39. The molecule has 0 atom stereocenters. The predicted octanol–water partition coefficient (Wildman–Crippen LogP) is 3.02. The summed E-state index contributed by atoms with van der Waals surface area (Å²) in [7, 11) is 0. The molecule has 1 heterocycles. The van der Waals surface area contributed by atoms with Crippen LogP contribution in [0.2, 0.25) is 0 Å². The Balaban J connectivity index is 2.64. The summed E-state index contributed by atoms with van der Waals surface area (Å²) in [6.07, 6.45) is 3.10. The van der Waals surface area contributed by atoms with Gasteiger partial charge in [0.05, 0.1) is 0 Å². The van der Waals surface area contributed by atoms with Gasteiger partial charge in [0.2, 0.25) is 0 Å². The zero-order valence-corrected chi connectivity index (χ0v) is 10.3. The lowest BCUT2D eigenvalue weighted by Gasteiger charge is -2.23. The number of fused-ring (bicyclic) bond motifs is 1. The second-order valence-corrected chi connectivity index (χ2v) is 5.61. The molecule has 0 fully saturated rings. The molecule has 2 heteroatoms. The van der Waals surface area contributed by atoms with Crippen molar-refractivity contribution in [3.05, 3.63) is 39.8 Å². The van der Waals surface area contributed by atoms with E-state index in [-0.39, 0.29) is 11.0 Å². The van der Waals surface area contributed by atoms with Gasteiger partial charge in [0.15, 0.2) is 0 Å². The van der Waals surface area contributed by atoms with Gasteiger partial charge in [0.25, 0.3) is 5.56 Å². The third kappa shape index (κ3) is 1.84. The molecule has 86 valence electrons. The van der Waals surface area contributed by atoms with E-state index in [0.717, 1.165) is 41.7 Å². The van der Waals surface area contributed by atoms with Crippen LogP contribution in [-0.4, -0.2) is 4.98 Å². The van der Waals surface area contributed by atoms with Crippen LogP contribution >= 0.6 is 0 Å². The number of aromatic amines is 1. The summed E-state index contributed by atoms with van der Waals surface area (Å²) in [4.78, 5) is 15.0. The first-order valence-corrected chi connectivity index (χ1v) is 5.84. The Morgan fingerprint density at radius 2 is 2.00 bits per heavy atom. The number of allylic oxidation sites excluding steroid dienone is 1. The van der Waals surface area contributed by atoms with Crippen LogP contribution in [0.5, 0.6) is 0 Å². The minimum Gasteiger partial charge on any atom is -0.325 e. The van der Waals surface area contributed by atoms with Crippen molar-refractivity contribution in [1.29, 1.82) is 0 Å². The highest BCUT2D eigenvalue weighted by atomic mass is 16.1. The zero-order chi connectivity index (χ0) is 11.9. The fourth-order valence-corrected chi connectivity index (χ4v) is 2.25. The Kier molecular flexibility index (Phi) is 2.53. The zero-order valence-electron chi connectivity index (χ0n) is 10.3. The lowest BCUT2D eigenvalue weighted by molar-refractivity contribution is 0.578. The van der Waals surface area contributed by atoms with Crippen LogP contribution in [0.4, 0.5) is 0 Å². The highest BCUT2D eigenvalue weighted by Crippen LogP contribution is 2.30. The minimum absolute atomic E-state index is 0.0564. The summed E-state index contributed by atoms with van der Waals surface area (Å²) in [5.74, 6) is 0. The van der Waals surface area contributed by atoms with E-state index in [1.165, 1.54) is 0 Å². The van der Waals surface area contributed by atoms with Crippen LogP contribution in [0, 0.1) is 0 Å². The van der Waals surface area contributed by atoms with Crippen molar-refractivity contribution in [1.82, 2.24) is 4.98 Å². The van der Waals surface area contributed by atoms with Crippen molar-refractivity contribution < 1.29 is 0 Å². The highest BCUT2D eigenvalue weighted by Gasteiger charge is 2.22. The largest absolute Gasteiger partial charge is 0.325 e. The number of aryl methyl sites for hydroxylation is 1. The van der Waals surface area contributed by atoms with Gasteiger partial charge in [-0.25, -0.2) is 0 Å². The summed E-state index contributed by atoms with van der Waals surface area (Å²) in [6, 6.07) is 2.04. The predicted molar refractivity (Wildman–Crippen MR) is 67.7 cm³/mol. The average Bonchev–Trinajstić information content (AvgIpc) is 2.15. The summed E-state index contributed by atoms with van der Waals surface area (Å²) >= 11 is 0. The van der Waals surface area contributed by atoms with Crippen LogP contribution < -0.4 is 5.56 Å². The number of pyridine rings is 1.